The summed E-state index contributed by atoms with van der Waals surface area (Å²) in [6.45, 7) is 6.32. The van der Waals surface area contributed by atoms with E-state index in [9.17, 15) is 0 Å². The lowest BCUT2D eigenvalue weighted by atomic mass is 10.00. The van der Waals surface area contributed by atoms with Crippen LogP contribution >= 0.6 is 0 Å². The molecule has 2 aromatic rings. The van der Waals surface area contributed by atoms with Gasteiger partial charge in [-0.05, 0) is 45.4 Å². The molecule has 0 spiro atoms. The van der Waals surface area contributed by atoms with Gasteiger partial charge in [0.2, 0.25) is 0 Å². The molecule has 0 aliphatic heterocycles. The molecular formula is C15H22N4O. The van der Waals surface area contributed by atoms with Crippen LogP contribution < -0.4 is 5.32 Å². The van der Waals surface area contributed by atoms with Gasteiger partial charge in [0, 0.05) is 25.5 Å². The van der Waals surface area contributed by atoms with Gasteiger partial charge in [0.15, 0.2) is 5.82 Å². The molecule has 0 aliphatic carbocycles. The van der Waals surface area contributed by atoms with E-state index < -0.39 is 0 Å². The normalized spacial score (nSPS) is 13.2. The maximum absolute atomic E-state index is 5.45. The van der Waals surface area contributed by atoms with Gasteiger partial charge in [0.1, 0.15) is 0 Å². The topological polar surface area (TPSA) is 52.0 Å². The number of aromatic nitrogens is 3. The van der Waals surface area contributed by atoms with Gasteiger partial charge in [0.05, 0.1) is 17.5 Å². The van der Waals surface area contributed by atoms with Crippen LogP contribution in [0, 0.1) is 0 Å². The van der Waals surface area contributed by atoms with Crippen molar-refractivity contribution < 1.29 is 4.74 Å². The van der Waals surface area contributed by atoms with Crippen LogP contribution in [0.3, 0.4) is 0 Å². The second-order valence-corrected chi connectivity index (χ2v) is 5.57. The number of hydrogen-bond donors (Lipinski definition) is 1. The lowest BCUT2D eigenvalue weighted by Crippen LogP contribution is -2.31. The lowest BCUT2D eigenvalue weighted by molar-refractivity contribution is 0.0128. The smallest absolute Gasteiger partial charge is 0.153 e. The molecule has 0 radical (unpaired) electrons. The minimum Gasteiger partial charge on any atom is -0.381 e. The first-order valence-electron chi connectivity index (χ1n) is 6.78. The molecule has 2 rings (SSSR count). The van der Waals surface area contributed by atoms with Gasteiger partial charge in [-0.1, -0.05) is 0 Å². The van der Waals surface area contributed by atoms with Crippen LogP contribution in [0.25, 0.3) is 5.82 Å². The molecule has 2 aromatic heterocycles. The molecule has 5 heteroatoms. The van der Waals surface area contributed by atoms with E-state index in [1.165, 1.54) is 0 Å². The molecule has 0 amide bonds. The van der Waals surface area contributed by atoms with E-state index in [4.69, 9.17) is 4.74 Å². The van der Waals surface area contributed by atoms with E-state index >= 15 is 0 Å². The maximum Gasteiger partial charge on any atom is 0.153 e. The monoisotopic (exact) mass is 274 g/mol. The standard InChI is InChI=1S/C15H22N4O/c1-12(10-15(2,3)20-4)18-13-6-7-14(16-11-13)19-9-5-8-17-19/h5-9,11-12,18H,10H2,1-4H3. The third-order valence-corrected chi connectivity index (χ3v) is 3.25. The zero-order valence-corrected chi connectivity index (χ0v) is 12.5. The predicted octanol–water partition coefficient (Wildman–Crippen LogP) is 2.88. The van der Waals surface area contributed by atoms with E-state index in [0.29, 0.717) is 6.04 Å². The summed E-state index contributed by atoms with van der Waals surface area (Å²) in [6.07, 6.45) is 6.36. The zero-order chi connectivity index (χ0) is 14.6. The van der Waals surface area contributed by atoms with Gasteiger partial charge in [-0.3, -0.25) is 0 Å². The van der Waals surface area contributed by atoms with Crippen LogP contribution in [0.1, 0.15) is 27.2 Å². The predicted molar refractivity (Wildman–Crippen MR) is 80.1 cm³/mol. The summed E-state index contributed by atoms with van der Waals surface area (Å²) < 4.78 is 7.18. The quantitative estimate of drug-likeness (QED) is 0.880. The summed E-state index contributed by atoms with van der Waals surface area (Å²) in [5.74, 6) is 0.811. The first-order chi connectivity index (χ1) is 9.50. The highest BCUT2D eigenvalue weighted by molar-refractivity contribution is 5.44. The number of pyridine rings is 1. The Bertz CT molecular complexity index is 519. The van der Waals surface area contributed by atoms with Crippen molar-refractivity contribution in [3.63, 3.8) is 0 Å². The second kappa shape index (κ2) is 6.05. The first-order valence-corrected chi connectivity index (χ1v) is 6.78. The van der Waals surface area contributed by atoms with E-state index in [1.807, 2.05) is 30.6 Å². The molecule has 20 heavy (non-hydrogen) atoms. The summed E-state index contributed by atoms with van der Waals surface area (Å²) in [4.78, 5) is 4.40. The maximum atomic E-state index is 5.45. The van der Waals surface area contributed by atoms with Gasteiger partial charge in [0.25, 0.3) is 0 Å². The van der Waals surface area contributed by atoms with Crippen molar-refractivity contribution >= 4 is 5.69 Å². The number of rotatable bonds is 6. The van der Waals surface area contributed by atoms with Crippen molar-refractivity contribution in [1.82, 2.24) is 14.8 Å². The Hall–Kier alpha value is -1.88. The van der Waals surface area contributed by atoms with Crippen molar-refractivity contribution in [3.8, 4) is 5.82 Å². The molecule has 1 N–H and O–H groups in total. The van der Waals surface area contributed by atoms with Gasteiger partial charge in [-0.25, -0.2) is 9.67 Å². The molecule has 108 valence electrons. The number of hydrogen-bond acceptors (Lipinski definition) is 4. The third-order valence-electron chi connectivity index (χ3n) is 3.25. The molecule has 0 saturated carbocycles. The average Bonchev–Trinajstić information content (AvgIpc) is 2.93. The average molecular weight is 274 g/mol. The number of nitrogens with one attached hydrogen (secondary N) is 1. The first kappa shape index (κ1) is 14.5. The van der Waals surface area contributed by atoms with Crippen molar-refractivity contribution in [1.29, 1.82) is 0 Å². The Morgan fingerprint density at radius 3 is 2.75 bits per heavy atom. The zero-order valence-electron chi connectivity index (χ0n) is 12.5. The van der Waals surface area contributed by atoms with Crippen LogP contribution in [0.15, 0.2) is 36.8 Å². The van der Waals surface area contributed by atoms with Crippen molar-refractivity contribution in [2.24, 2.45) is 0 Å². The number of ether oxygens (including phenoxy) is 1. The fraction of sp³-hybridized carbons (Fsp3) is 0.467. The van der Waals surface area contributed by atoms with E-state index in [-0.39, 0.29) is 5.60 Å². The number of methoxy groups -OCH3 is 1. The van der Waals surface area contributed by atoms with E-state index in [1.54, 1.807) is 18.0 Å². The Balaban J connectivity index is 1.97. The van der Waals surface area contributed by atoms with Gasteiger partial charge in [-0.15, -0.1) is 0 Å². The number of nitrogens with zero attached hydrogens (tertiary/aromatic N) is 3. The Kier molecular flexibility index (Phi) is 4.39. The van der Waals surface area contributed by atoms with Crippen LogP contribution in [-0.4, -0.2) is 33.5 Å². The lowest BCUT2D eigenvalue weighted by Gasteiger charge is -2.27. The molecule has 5 nitrogen and oxygen atoms in total. The highest BCUT2D eigenvalue weighted by Gasteiger charge is 2.20. The molecule has 0 aromatic carbocycles. The number of anilines is 1. The van der Waals surface area contributed by atoms with E-state index in [0.717, 1.165) is 17.9 Å². The molecule has 1 unspecified atom stereocenters. The minimum absolute atomic E-state index is 0.130. The van der Waals surface area contributed by atoms with Gasteiger partial charge < -0.3 is 10.1 Å². The SMILES string of the molecule is COC(C)(C)CC(C)Nc1ccc(-n2cccn2)nc1. The van der Waals surface area contributed by atoms with Crippen LogP contribution in [-0.2, 0) is 4.74 Å². The summed E-state index contributed by atoms with van der Waals surface area (Å²) in [7, 11) is 1.74. The molecule has 1 atom stereocenters. The molecule has 0 aliphatic rings. The summed E-state index contributed by atoms with van der Waals surface area (Å²) in [6, 6.07) is 6.15. The third kappa shape index (κ3) is 3.81. The van der Waals surface area contributed by atoms with E-state index in [2.05, 4.69) is 36.2 Å². The fourth-order valence-electron chi connectivity index (χ4n) is 2.17. The molecule has 0 bridgehead atoms. The Labute approximate surface area is 120 Å². The van der Waals surface area contributed by atoms with Crippen molar-refractivity contribution in [2.45, 2.75) is 38.8 Å². The Morgan fingerprint density at radius 1 is 1.40 bits per heavy atom. The summed E-state index contributed by atoms with van der Waals surface area (Å²) in [5.41, 5.74) is 0.870. The fourth-order valence-corrected chi connectivity index (χ4v) is 2.17. The van der Waals surface area contributed by atoms with Crippen LogP contribution in [0.2, 0.25) is 0 Å². The summed E-state index contributed by atoms with van der Waals surface area (Å²) in [5, 5.41) is 7.59. The Morgan fingerprint density at radius 2 is 2.20 bits per heavy atom. The van der Waals surface area contributed by atoms with Gasteiger partial charge >= 0.3 is 0 Å². The molecule has 0 saturated heterocycles. The molecule has 0 fully saturated rings. The second-order valence-electron chi connectivity index (χ2n) is 5.57. The minimum atomic E-state index is -0.130. The molecular weight excluding hydrogens is 252 g/mol. The highest BCUT2D eigenvalue weighted by Crippen LogP contribution is 2.18. The largest absolute Gasteiger partial charge is 0.381 e. The van der Waals surface area contributed by atoms with Crippen LogP contribution in [0.5, 0.6) is 0 Å². The highest BCUT2D eigenvalue weighted by atomic mass is 16.5. The van der Waals surface area contributed by atoms with Crippen molar-refractivity contribution in [3.05, 3.63) is 36.8 Å². The molecule has 2 heterocycles. The van der Waals surface area contributed by atoms with Gasteiger partial charge in [-0.2, -0.15) is 5.10 Å². The summed E-state index contributed by atoms with van der Waals surface area (Å²) >= 11 is 0. The van der Waals surface area contributed by atoms with Crippen LogP contribution in [0.4, 0.5) is 5.69 Å². The van der Waals surface area contributed by atoms with Crippen molar-refractivity contribution in [2.75, 3.05) is 12.4 Å².